The molecule has 1 atom stereocenters. The first-order valence-electron chi connectivity index (χ1n) is 8.12. The molecule has 126 valence electrons. The number of carbonyl (C=O) groups is 1. The summed E-state index contributed by atoms with van der Waals surface area (Å²) >= 11 is 0. The molecule has 1 N–H and O–H groups in total. The van der Waals surface area contributed by atoms with Crippen molar-refractivity contribution in [3.8, 4) is 0 Å². The Bertz CT molecular complexity index is 567. The lowest BCUT2D eigenvalue weighted by Gasteiger charge is -2.21. The summed E-state index contributed by atoms with van der Waals surface area (Å²) in [5, 5.41) is 3.48. The van der Waals surface area contributed by atoms with Crippen molar-refractivity contribution in [2.24, 2.45) is 0 Å². The Balaban J connectivity index is 1.65. The highest BCUT2D eigenvalue weighted by atomic mass is 19.4. The third kappa shape index (κ3) is 3.86. The van der Waals surface area contributed by atoms with Crippen LogP contribution in [0.3, 0.4) is 0 Å². The minimum absolute atomic E-state index is 0.0252. The SMILES string of the molecule is O=C1CC(NC2CCCC2)CN1Cc1ccccc1C(F)(F)F. The van der Waals surface area contributed by atoms with Gasteiger partial charge < -0.3 is 10.2 Å². The van der Waals surface area contributed by atoms with E-state index in [1.165, 1.54) is 29.9 Å². The topological polar surface area (TPSA) is 32.3 Å². The maximum Gasteiger partial charge on any atom is 0.416 e. The van der Waals surface area contributed by atoms with Crippen molar-refractivity contribution in [2.75, 3.05) is 6.54 Å². The highest BCUT2D eigenvalue weighted by Crippen LogP contribution is 2.33. The van der Waals surface area contributed by atoms with Crippen LogP contribution in [0, 0.1) is 0 Å². The molecule has 1 amide bonds. The van der Waals surface area contributed by atoms with Crippen molar-refractivity contribution >= 4 is 5.91 Å². The predicted molar refractivity (Wildman–Crippen MR) is 80.7 cm³/mol. The first kappa shape index (κ1) is 16.3. The van der Waals surface area contributed by atoms with Crippen molar-refractivity contribution in [1.29, 1.82) is 0 Å². The monoisotopic (exact) mass is 326 g/mol. The van der Waals surface area contributed by atoms with Gasteiger partial charge in [0.15, 0.2) is 0 Å². The molecule has 0 bridgehead atoms. The molecular formula is C17H21F3N2O. The summed E-state index contributed by atoms with van der Waals surface area (Å²) in [6, 6.07) is 6.00. The van der Waals surface area contributed by atoms with Gasteiger partial charge in [-0.15, -0.1) is 0 Å². The molecule has 3 nitrogen and oxygen atoms in total. The number of nitrogens with one attached hydrogen (secondary N) is 1. The Labute approximate surface area is 133 Å². The van der Waals surface area contributed by atoms with Gasteiger partial charge in [0.05, 0.1) is 5.56 Å². The van der Waals surface area contributed by atoms with E-state index in [0.717, 1.165) is 18.9 Å². The van der Waals surface area contributed by atoms with Gasteiger partial charge in [0.25, 0.3) is 0 Å². The molecule has 1 heterocycles. The maximum atomic E-state index is 13.1. The zero-order valence-corrected chi connectivity index (χ0v) is 12.9. The van der Waals surface area contributed by atoms with Crippen molar-refractivity contribution in [3.05, 3.63) is 35.4 Å². The van der Waals surface area contributed by atoms with Crippen LogP contribution in [-0.2, 0) is 17.5 Å². The summed E-state index contributed by atoms with van der Waals surface area (Å²) in [6.07, 6.45) is 0.663. The Morgan fingerprint density at radius 3 is 2.52 bits per heavy atom. The van der Waals surface area contributed by atoms with Gasteiger partial charge in [0.2, 0.25) is 5.91 Å². The highest BCUT2D eigenvalue weighted by molar-refractivity contribution is 5.79. The summed E-state index contributed by atoms with van der Waals surface area (Å²) < 4.78 is 39.2. The van der Waals surface area contributed by atoms with Crippen molar-refractivity contribution in [2.45, 2.75) is 56.9 Å². The molecule has 0 spiro atoms. The van der Waals surface area contributed by atoms with E-state index in [1.54, 1.807) is 6.07 Å². The zero-order chi connectivity index (χ0) is 16.4. The second-order valence-electron chi connectivity index (χ2n) is 6.48. The van der Waals surface area contributed by atoms with Crippen LogP contribution in [0.2, 0.25) is 0 Å². The third-order valence-corrected chi connectivity index (χ3v) is 4.73. The number of rotatable bonds is 4. The maximum absolute atomic E-state index is 13.1. The summed E-state index contributed by atoms with van der Waals surface area (Å²) in [7, 11) is 0. The van der Waals surface area contributed by atoms with Crippen molar-refractivity contribution < 1.29 is 18.0 Å². The average molecular weight is 326 g/mol. The number of benzene rings is 1. The van der Waals surface area contributed by atoms with Gasteiger partial charge >= 0.3 is 6.18 Å². The van der Waals surface area contributed by atoms with Crippen molar-refractivity contribution in [1.82, 2.24) is 10.2 Å². The smallest absolute Gasteiger partial charge is 0.337 e. The van der Waals surface area contributed by atoms with Crippen LogP contribution in [0.15, 0.2) is 24.3 Å². The molecule has 1 aliphatic heterocycles. The summed E-state index contributed by atoms with van der Waals surface area (Å²) in [5.41, 5.74) is -0.491. The van der Waals surface area contributed by atoms with Crippen LogP contribution < -0.4 is 5.32 Å². The molecular weight excluding hydrogens is 305 g/mol. The van der Waals surface area contributed by atoms with Crippen molar-refractivity contribution in [3.63, 3.8) is 0 Å². The lowest BCUT2D eigenvalue weighted by atomic mass is 10.1. The predicted octanol–water partition coefficient (Wildman–Crippen LogP) is 3.34. The number of hydrogen-bond donors (Lipinski definition) is 1. The summed E-state index contributed by atoms with van der Waals surface area (Å²) in [6.45, 7) is 0.513. The van der Waals surface area contributed by atoms with Gasteiger partial charge in [-0.3, -0.25) is 4.79 Å². The molecule has 6 heteroatoms. The molecule has 23 heavy (non-hydrogen) atoms. The van der Waals surface area contributed by atoms with Crippen LogP contribution in [0.25, 0.3) is 0 Å². The first-order valence-corrected chi connectivity index (χ1v) is 8.12. The summed E-state index contributed by atoms with van der Waals surface area (Å²) in [5.74, 6) is -0.0718. The van der Waals surface area contributed by atoms with Gasteiger partial charge in [-0.05, 0) is 24.5 Å². The van der Waals surface area contributed by atoms with Crippen LogP contribution in [0.5, 0.6) is 0 Å². The van der Waals surface area contributed by atoms with Gasteiger partial charge in [0.1, 0.15) is 0 Å². The molecule has 1 saturated carbocycles. The van der Waals surface area contributed by atoms with Gasteiger partial charge in [-0.2, -0.15) is 13.2 Å². The number of carbonyl (C=O) groups excluding carboxylic acids is 1. The minimum Gasteiger partial charge on any atom is -0.337 e. The fourth-order valence-corrected chi connectivity index (χ4v) is 3.60. The summed E-state index contributed by atoms with van der Waals surface area (Å²) in [4.78, 5) is 13.7. The van der Waals surface area contributed by atoms with E-state index in [4.69, 9.17) is 0 Å². The quantitative estimate of drug-likeness (QED) is 0.920. The Hall–Kier alpha value is -1.56. The Morgan fingerprint density at radius 2 is 1.83 bits per heavy atom. The highest BCUT2D eigenvalue weighted by Gasteiger charge is 2.36. The molecule has 2 fully saturated rings. The van der Waals surface area contributed by atoms with Crippen LogP contribution in [0.4, 0.5) is 13.2 Å². The van der Waals surface area contributed by atoms with E-state index in [2.05, 4.69) is 5.32 Å². The molecule has 0 aromatic heterocycles. The fourth-order valence-electron chi connectivity index (χ4n) is 3.60. The number of likely N-dealkylation sites (tertiary alicyclic amines) is 1. The standard InChI is InChI=1S/C17H21F3N2O/c18-17(19,20)15-8-4-1-5-12(15)10-22-11-14(9-16(22)23)21-13-6-2-3-7-13/h1,4-5,8,13-14,21H,2-3,6-7,9-11H2. The van der Waals surface area contributed by atoms with E-state index >= 15 is 0 Å². The van der Waals surface area contributed by atoms with E-state index in [0.29, 0.717) is 19.0 Å². The molecule has 1 aliphatic carbocycles. The average Bonchev–Trinajstić information content (AvgIpc) is 3.09. The van der Waals surface area contributed by atoms with E-state index in [9.17, 15) is 18.0 Å². The third-order valence-electron chi connectivity index (χ3n) is 4.73. The molecule has 2 aliphatic rings. The van der Waals surface area contributed by atoms with E-state index in [-0.39, 0.29) is 24.1 Å². The zero-order valence-electron chi connectivity index (χ0n) is 12.9. The van der Waals surface area contributed by atoms with Crippen LogP contribution >= 0.6 is 0 Å². The molecule has 0 radical (unpaired) electrons. The number of nitrogens with zero attached hydrogens (tertiary/aromatic N) is 1. The molecule has 3 rings (SSSR count). The largest absolute Gasteiger partial charge is 0.416 e. The lowest BCUT2D eigenvalue weighted by Crippen LogP contribution is -2.38. The Morgan fingerprint density at radius 1 is 1.13 bits per heavy atom. The van der Waals surface area contributed by atoms with Gasteiger partial charge in [0, 0.05) is 31.6 Å². The fraction of sp³-hybridized carbons (Fsp3) is 0.588. The van der Waals surface area contributed by atoms with Gasteiger partial charge in [-0.25, -0.2) is 0 Å². The van der Waals surface area contributed by atoms with Gasteiger partial charge in [-0.1, -0.05) is 31.0 Å². The second-order valence-corrected chi connectivity index (χ2v) is 6.48. The molecule has 1 aromatic rings. The van der Waals surface area contributed by atoms with Crippen LogP contribution in [0.1, 0.15) is 43.2 Å². The molecule has 1 aromatic carbocycles. The Kier molecular flexibility index (Phi) is 4.62. The molecule has 1 unspecified atom stereocenters. The number of halogens is 3. The first-order chi connectivity index (χ1) is 10.9. The lowest BCUT2D eigenvalue weighted by molar-refractivity contribution is -0.139. The molecule has 1 saturated heterocycles. The van der Waals surface area contributed by atoms with E-state index < -0.39 is 11.7 Å². The van der Waals surface area contributed by atoms with Crippen LogP contribution in [-0.4, -0.2) is 29.4 Å². The number of hydrogen-bond acceptors (Lipinski definition) is 2. The van der Waals surface area contributed by atoms with E-state index in [1.807, 2.05) is 0 Å². The second kappa shape index (κ2) is 6.51. The number of amides is 1. The normalized spacial score (nSPS) is 23.0. The minimum atomic E-state index is -4.39. The number of alkyl halides is 3.